The molecule has 0 aliphatic heterocycles. The Bertz CT molecular complexity index is 466. The van der Waals surface area contributed by atoms with Crippen molar-refractivity contribution in [3.8, 4) is 0 Å². The molecule has 0 aromatic carbocycles. The van der Waals surface area contributed by atoms with Crippen LogP contribution in [0.3, 0.4) is 0 Å². The van der Waals surface area contributed by atoms with E-state index in [0.717, 1.165) is 25.7 Å². The molecule has 0 unspecified atom stereocenters. The van der Waals surface area contributed by atoms with Gasteiger partial charge < -0.3 is 32.1 Å². The second-order valence-corrected chi connectivity index (χ2v) is 12.1. The van der Waals surface area contributed by atoms with Crippen LogP contribution in [0.15, 0.2) is 0 Å². The van der Waals surface area contributed by atoms with Gasteiger partial charge in [-0.05, 0) is 25.7 Å². The molecule has 0 bridgehead atoms. The van der Waals surface area contributed by atoms with Gasteiger partial charge in [0.05, 0.1) is 0 Å². The van der Waals surface area contributed by atoms with Crippen molar-refractivity contribution in [1.82, 2.24) is 12.3 Å². The largest absolute Gasteiger partial charge is 2.00 e. The summed E-state index contributed by atoms with van der Waals surface area (Å²) in [7, 11) is 0. The van der Waals surface area contributed by atoms with E-state index >= 15 is 0 Å². The Hall–Kier alpha value is -0.517. The minimum atomic E-state index is -0.903. The average molecular weight is 666 g/mol. The first-order valence-electron chi connectivity index (χ1n) is 17.9. The van der Waals surface area contributed by atoms with Crippen LogP contribution in [0.1, 0.15) is 219 Å². The molecule has 0 atom stereocenters. The van der Waals surface area contributed by atoms with E-state index in [1.165, 1.54) is 167 Å². The fourth-order valence-corrected chi connectivity index (χ4v) is 5.28. The van der Waals surface area contributed by atoms with Gasteiger partial charge in [0.25, 0.3) is 0 Å². The zero-order valence-corrected chi connectivity index (χ0v) is 32.3. The van der Waals surface area contributed by atoms with Crippen LogP contribution >= 0.6 is 0 Å². The second kappa shape index (κ2) is 48.4. The first kappa shape index (κ1) is 52.0. The zero-order chi connectivity index (χ0) is 29.8. The van der Waals surface area contributed by atoms with Crippen LogP contribution in [0.2, 0.25) is 0 Å². The third-order valence-electron chi connectivity index (χ3n) is 7.97. The van der Waals surface area contributed by atoms with E-state index < -0.39 is 11.9 Å². The number of hydrogen-bond donors (Lipinski definition) is 2. The molecule has 0 aromatic heterocycles. The van der Waals surface area contributed by atoms with E-state index in [1.54, 1.807) is 0 Å². The van der Waals surface area contributed by atoms with Gasteiger partial charge in [-0.2, -0.15) is 0 Å². The predicted molar refractivity (Wildman–Crippen MR) is 179 cm³/mol. The Morgan fingerprint density at radius 2 is 0.465 bits per heavy atom. The van der Waals surface area contributed by atoms with Crippen molar-refractivity contribution < 1.29 is 39.3 Å². The van der Waals surface area contributed by atoms with Gasteiger partial charge in [-0.3, -0.25) is 0 Å². The van der Waals surface area contributed by atoms with Crippen LogP contribution in [0.25, 0.3) is 0 Å². The summed E-state index contributed by atoms with van der Waals surface area (Å²) in [4.78, 5) is 20.4. The number of carbonyl (C=O) groups is 2. The summed E-state index contributed by atoms with van der Waals surface area (Å²) in [5, 5.41) is 20.4. The molecule has 7 heteroatoms. The molecule has 0 aromatic rings. The fourth-order valence-electron chi connectivity index (χ4n) is 5.28. The molecule has 0 saturated heterocycles. The summed E-state index contributed by atoms with van der Waals surface area (Å²) in [6, 6.07) is 0. The van der Waals surface area contributed by atoms with Gasteiger partial charge in [0.1, 0.15) is 0 Å². The van der Waals surface area contributed by atoms with Crippen molar-refractivity contribution in [2.24, 2.45) is 0 Å². The third-order valence-corrected chi connectivity index (χ3v) is 7.97. The standard InChI is InChI=1S/2C18H36O2.2H3N.Zn/c2*1-2-3-4-5-6-7-8-9-10-11-12-13-14-15-16-17-18(19)20;;;/h2*2-17H2,1H3,(H,19,20);2*1H3;/q;;;;+2/p-2. The van der Waals surface area contributed by atoms with Crippen LogP contribution in [0.5, 0.6) is 0 Å². The maximum atomic E-state index is 10.2. The van der Waals surface area contributed by atoms with Gasteiger partial charge in [0, 0.05) is 11.9 Å². The average Bonchev–Trinajstić information content (AvgIpc) is 2.93. The fraction of sp³-hybridized carbons (Fsp3) is 0.944. The van der Waals surface area contributed by atoms with Crippen LogP contribution in [0, 0.1) is 0 Å². The molecular weight excluding hydrogens is 590 g/mol. The summed E-state index contributed by atoms with van der Waals surface area (Å²) in [6.07, 6.45) is 39.7. The van der Waals surface area contributed by atoms with Crippen LogP contribution < -0.4 is 22.5 Å². The Labute approximate surface area is 282 Å². The number of carboxylic acids is 2. The first-order valence-corrected chi connectivity index (χ1v) is 17.9. The number of rotatable bonds is 32. The van der Waals surface area contributed by atoms with Crippen molar-refractivity contribution in [1.29, 1.82) is 0 Å². The second-order valence-electron chi connectivity index (χ2n) is 12.1. The molecule has 0 spiro atoms. The van der Waals surface area contributed by atoms with E-state index in [-0.39, 0.29) is 44.6 Å². The minimum Gasteiger partial charge on any atom is -0.550 e. The minimum absolute atomic E-state index is 0. The van der Waals surface area contributed by atoms with Crippen molar-refractivity contribution >= 4 is 11.9 Å². The maximum Gasteiger partial charge on any atom is 2.00 e. The predicted octanol–water partition coefficient (Wildman–Crippen LogP) is 10.3. The summed E-state index contributed by atoms with van der Waals surface area (Å²) in [5.74, 6) is -1.81. The smallest absolute Gasteiger partial charge is 0.550 e. The number of aliphatic carboxylic acids is 2. The molecule has 0 aliphatic carbocycles. The maximum absolute atomic E-state index is 10.2. The van der Waals surface area contributed by atoms with Crippen molar-refractivity contribution in [3.05, 3.63) is 0 Å². The number of carboxylic acid groups (broad SMARTS) is 2. The van der Waals surface area contributed by atoms with Gasteiger partial charge in [0.15, 0.2) is 0 Å². The Morgan fingerprint density at radius 3 is 0.605 bits per heavy atom. The number of unbranched alkanes of at least 4 members (excludes halogenated alkanes) is 28. The van der Waals surface area contributed by atoms with E-state index in [2.05, 4.69) is 13.8 Å². The molecule has 0 heterocycles. The molecule has 6 N–H and O–H groups in total. The van der Waals surface area contributed by atoms with Crippen molar-refractivity contribution in [2.45, 2.75) is 219 Å². The molecule has 0 rings (SSSR count). The van der Waals surface area contributed by atoms with E-state index in [0.29, 0.717) is 0 Å². The quantitative estimate of drug-likeness (QED) is 0.0539. The molecule has 43 heavy (non-hydrogen) atoms. The first-order chi connectivity index (χ1) is 19.5. The van der Waals surface area contributed by atoms with E-state index in [1.807, 2.05) is 0 Å². The van der Waals surface area contributed by atoms with Crippen LogP contribution in [-0.4, -0.2) is 11.9 Å². The Morgan fingerprint density at radius 1 is 0.326 bits per heavy atom. The topological polar surface area (TPSA) is 150 Å². The molecule has 6 nitrogen and oxygen atoms in total. The summed E-state index contributed by atoms with van der Waals surface area (Å²) in [5.41, 5.74) is 0. The Balaban J connectivity index is -0.000000209. The van der Waals surface area contributed by atoms with Gasteiger partial charge in [-0.1, -0.05) is 194 Å². The number of carbonyl (C=O) groups excluding carboxylic acids is 2. The third kappa shape index (κ3) is 57.7. The molecular formula is C36H76N2O4Zn. The van der Waals surface area contributed by atoms with Gasteiger partial charge >= 0.3 is 19.5 Å². The molecule has 0 amide bonds. The van der Waals surface area contributed by atoms with Gasteiger partial charge in [-0.25, -0.2) is 0 Å². The summed E-state index contributed by atoms with van der Waals surface area (Å²) < 4.78 is 0. The summed E-state index contributed by atoms with van der Waals surface area (Å²) >= 11 is 0. The molecule has 256 valence electrons. The molecule has 0 radical (unpaired) electrons. The van der Waals surface area contributed by atoms with Gasteiger partial charge in [-0.15, -0.1) is 0 Å². The molecule has 0 aliphatic rings. The van der Waals surface area contributed by atoms with Crippen molar-refractivity contribution in [3.63, 3.8) is 0 Å². The molecule has 0 saturated carbocycles. The SMILES string of the molecule is CCCCCCCCCCCCCCCCCC(=O)[O-].CCCCCCCCCCCCCCCCCC(=O)[O-].N.N.[Zn+2]. The van der Waals surface area contributed by atoms with E-state index in [4.69, 9.17) is 0 Å². The normalized spacial score (nSPS) is 10.1. The van der Waals surface area contributed by atoms with Crippen molar-refractivity contribution in [2.75, 3.05) is 0 Å². The summed E-state index contributed by atoms with van der Waals surface area (Å²) in [6.45, 7) is 4.53. The van der Waals surface area contributed by atoms with Gasteiger partial charge in [0.2, 0.25) is 0 Å². The van der Waals surface area contributed by atoms with E-state index in [9.17, 15) is 19.8 Å². The zero-order valence-electron chi connectivity index (χ0n) is 29.4. The van der Waals surface area contributed by atoms with Crippen LogP contribution in [-0.2, 0) is 29.1 Å². The Kier molecular flexibility index (Phi) is 58.6. The number of hydrogen-bond acceptors (Lipinski definition) is 6. The monoisotopic (exact) mass is 665 g/mol. The van der Waals surface area contributed by atoms with Crippen LogP contribution in [0.4, 0.5) is 0 Å². The molecule has 0 fully saturated rings.